The zero-order valence-corrected chi connectivity index (χ0v) is 15.9. The van der Waals surface area contributed by atoms with E-state index in [4.69, 9.17) is 14.7 Å². The van der Waals surface area contributed by atoms with Gasteiger partial charge in [-0.2, -0.15) is 0 Å². The maximum atomic E-state index is 5.88. The van der Waals surface area contributed by atoms with Gasteiger partial charge in [0.25, 0.3) is 0 Å². The third kappa shape index (κ3) is 2.96. The van der Waals surface area contributed by atoms with Gasteiger partial charge in [-0.3, -0.25) is 4.99 Å². The molecule has 0 N–H and O–H groups in total. The minimum Gasteiger partial charge on any atom is -0.494 e. The number of pyridine rings is 1. The number of ether oxygens (including phenoxy) is 1. The Morgan fingerprint density at radius 1 is 1.08 bits per heavy atom. The van der Waals surface area contributed by atoms with E-state index in [1.54, 1.807) is 0 Å². The number of nitrogens with zero attached hydrogens (tertiary/aromatic N) is 2. The molecule has 1 aliphatic heterocycles. The molecule has 0 spiro atoms. The van der Waals surface area contributed by atoms with Crippen LogP contribution in [0.1, 0.15) is 50.4 Å². The van der Waals surface area contributed by atoms with Gasteiger partial charge in [0.1, 0.15) is 11.3 Å². The van der Waals surface area contributed by atoms with Crippen molar-refractivity contribution in [1.29, 1.82) is 0 Å². The van der Waals surface area contributed by atoms with E-state index in [9.17, 15) is 0 Å². The minimum absolute atomic E-state index is 0.356. The standard InChI is InChI=1S/C23H26N2O/c1-4-26-21-13-12-18(17-8-5-6-9-19(17)21)20-10-7-11-22(24-20)23(3)15-14-16(2)25-23/h7,10-15H,4-6,8-9H2,1-3H3. The van der Waals surface area contributed by atoms with Gasteiger partial charge in [0.15, 0.2) is 0 Å². The van der Waals surface area contributed by atoms with Crippen molar-refractivity contribution in [2.45, 2.75) is 52.0 Å². The van der Waals surface area contributed by atoms with Crippen LogP contribution >= 0.6 is 0 Å². The number of rotatable bonds is 4. The summed E-state index contributed by atoms with van der Waals surface area (Å²) >= 11 is 0. The highest BCUT2D eigenvalue weighted by Crippen LogP contribution is 2.38. The molecular formula is C23H26N2O. The Bertz CT molecular complexity index is 897. The number of hydrogen-bond donors (Lipinski definition) is 0. The normalized spacial score (nSPS) is 21.4. The number of allylic oxidation sites excluding steroid dienone is 1. The van der Waals surface area contributed by atoms with Crippen LogP contribution in [-0.4, -0.2) is 17.3 Å². The number of fused-ring (bicyclic) bond motifs is 1. The summed E-state index contributed by atoms with van der Waals surface area (Å²) in [5.41, 5.74) is 6.78. The molecule has 2 aromatic rings. The molecule has 1 aliphatic carbocycles. The number of benzene rings is 1. The summed E-state index contributed by atoms with van der Waals surface area (Å²) < 4.78 is 5.88. The van der Waals surface area contributed by atoms with Gasteiger partial charge in [-0.05, 0) is 94.0 Å². The molecule has 1 unspecified atom stereocenters. The molecule has 3 nitrogen and oxygen atoms in total. The molecule has 134 valence electrons. The molecule has 1 aromatic heterocycles. The number of aromatic nitrogens is 1. The largest absolute Gasteiger partial charge is 0.494 e. The molecule has 0 saturated heterocycles. The lowest BCUT2D eigenvalue weighted by molar-refractivity contribution is 0.334. The fourth-order valence-corrected chi connectivity index (χ4v) is 4.10. The van der Waals surface area contributed by atoms with E-state index in [0.29, 0.717) is 6.61 Å². The minimum atomic E-state index is -0.356. The first-order valence-electron chi connectivity index (χ1n) is 9.62. The molecule has 1 aromatic carbocycles. The molecule has 1 atom stereocenters. The van der Waals surface area contributed by atoms with E-state index in [2.05, 4.69) is 49.4 Å². The lowest BCUT2D eigenvalue weighted by Gasteiger charge is -2.23. The van der Waals surface area contributed by atoms with Gasteiger partial charge < -0.3 is 4.74 Å². The van der Waals surface area contributed by atoms with E-state index in [-0.39, 0.29) is 5.54 Å². The smallest absolute Gasteiger partial charge is 0.122 e. The van der Waals surface area contributed by atoms with Crippen LogP contribution in [0.3, 0.4) is 0 Å². The van der Waals surface area contributed by atoms with E-state index < -0.39 is 0 Å². The molecule has 26 heavy (non-hydrogen) atoms. The summed E-state index contributed by atoms with van der Waals surface area (Å²) in [6.07, 6.45) is 8.89. The van der Waals surface area contributed by atoms with Crippen molar-refractivity contribution in [2.75, 3.05) is 6.61 Å². The first-order chi connectivity index (χ1) is 12.6. The third-order valence-electron chi connectivity index (χ3n) is 5.39. The molecule has 0 amide bonds. The predicted octanol–water partition coefficient (Wildman–Crippen LogP) is 5.27. The van der Waals surface area contributed by atoms with Gasteiger partial charge in [0.2, 0.25) is 0 Å². The van der Waals surface area contributed by atoms with E-state index in [1.165, 1.54) is 29.5 Å². The summed E-state index contributed by atoms with van der Waals surface area (Å²) in [6.45, 7) is 6.92. The number of hydrogen-bond acceptors (Lipinski definition) is 3. The van der Waals surface area contributed by atoms with E-state index in [0.717, 1.165) is 35.7 Å². The quantitative estimate of drug-likeness (QED) is 0.755. The van der Waals surface area contributed by atoms with Crippen LogP contribution < -0.4 is 4.74 Å². The average Bonchev–Trinajstić information content (AvgIpc) is 3.02. The Morgan fingerprint density at radius 3 is 2.62 bits per heavy atom. The first kappa shape index (κ1) is 17.0. The summed E-state index contributed by atoms with van der Waals surface area (Å²) in [5, 5.41) is 0. The zero-order chi connectivity index (χ0) is 18.1. The predicted molar refractivity (Wildman–Crippen MR) is 107 cm³/mol. The fourth-order valence-electron chi connectivity index (χ4n) is 4.10. The maximum Gasteiger partial charge on any atom is 0.122 e. The van der Waals surface area contributed by atoms with Crippen LogP contribution in [0.25, 0.3) is 11.3 Å². The molecule has 3 heteroatoms. The lowest BCUT2D eigenvalue weighted by atomic mass is 9.86. The Morgan fingerprint density at radius 2 is 1.88 bits per heavy atom. The number of aliphatic imine (C=N–C) groups is 1. The molecule has 2 heterocycles. The Kier molecular flexibility index (Phi) is 4.39. The molecule has 0 saturated carbocycles. The van der Waals surface area contributed by atoms with Crippen molar-refractivity contribution in [2.24, 2.45) is 4.99 Å². The van der Waals surface area contributed by atoms with Gasteiger partial charge in [0, 0.05) is 11.3 Å². The molecule has 0 radical (unpaired) electrons. The second-order valence-electron chi connectivity index (χ2n) is 7.35. The topological polar surface area (TPSA) is 34.5 Å². The van der Waals surface area contributed by atoms with Crippen LogP contribution in [0.15, 0.2) is 47.5 Å². The molecule has 2 aliphatic rings. The highest BCUT2D eigenvalue weighted by molar-refractivity contribution is 5.95. The van der Waals surface area contributed by atoms with Crippen LogP contribution in [0, 0.1) is 0 Å². The van der Waals surface area contributed by atoms with Crippen LogP contribution in [0.4, 0.5) is 0 Å². The summed E-state index contributed by atoms with van der Waals surface area (Å²) in [4.78, 5) is 9.79. The van der Waals surface area contributed by atoms with Crippen molar-refractivity contribution in [3.05, 3.63) is 59.3 Å². The molecule has 4 rings (SSSR count). The average molecular weight is 346 g/mol. The second-order valence-corrected chi connectivity index (χ2v) is 7.35. The highest BCUT2D eigenvalue weighted by Gasteiger charge is 2.28. The van der Waals surface area contributed by atoms with Gasteiger partial charge in [-0.25, -0.2) is 4.98 Å². The van der Waals surface area contributed by atoms with Gasteiger partial charge >= 0.3 is 0 Å². The summed E-state index contributed by atoms with van der Waals surface area (Å²) in [7, 11) is 0. The maximum absolute atomic E-state index is 5.88. The van der Waals surface area contributed by atoms with Crippen molar-refractivity contribution in [3.8, 4) is 17.0 Å². The van der Waals surface area contributed by atoms with E-state index >= 15 is 0 Å². The zero-order valence-electron chi connectivity index (χ0n) is 15.9. The monoisotopic (exact) mass is 346 g/mol. The summed E-state index contributed by atoms with van der Waals surface area (Å²) in [6, 6.07) is 10.6. The second kappa shape index (κ2) is 6.71. The van der Waals surface area contributed by atoms with Gasteiger partial charge in [-0.1, -0.05) is 6.07 Å². The lowest BCUT2D eigenvalue weighted by Crippen LogP contribution is -2.16. The third-order valence-corrected chi connectivity index (χ3v) is 5.39. The van der Waals surface area contributed by atoms with Crippen molar-refractivity contribution < 1.29 is 4.74 Å². The highest BCUT2D eigenvalue weighted by atomic mass is 16.5. The molecular weight excluding hydrogens is 320 g/mol. The fraction of sp³-hybridized carbons (Fsp3) is 0.391. The van der Waals surface area contributed by atoms with Gasteiger partial charge in [-0.15, -0.1) is 0 Å². The molecule has 0 fully saturated rings. The first-order valence-corrected chi connectivity index (χ1v) is 9.62. The Hall–Kier alpha value is -2.42. The van der Waals surface area contributed by atoms with Crippen LogP contribution in [-0.2, 0) is 18.4 Å². The van der Waals surface area contributed by atoms with Crippen molar-refractivity contribution in [1.82, 2.24) is 4.98 Å². The summed E-state index contributed by atoms with van der Waals surface area (Å²) in [5.74, 6) is 1.05. The SMILES string of the molecule is CCOc1ccc(-c2cccc(C3(C)C=CC(C)=N3)n2)c2c1CCCC2. The van der Waals surface area contributed by atoms with E-state index in [1.807, 2.05) is 13.8 Å². The van der Waals surface area contributed by atoms with Crippen molar-refractivity contribution in [3.63, 3.8) is 0 Å². The van der Waals surface area contributed by atoms with Crippen molar-refractivity contribution >= 4 is 5.71 Å². The van der Waals surface area contributed by atoms with Crippen LogP contribution in [0.2, 0.25) is 0 Å². The Balaban J connectivity index is 1.79. The van der Waals surface area contributed by atoms with Crippen LogP contribution in [0.5, 0.6) is 5.75 Å². The Labute approximate surface area is 155 Å². The molecule has 0 bridgehead atoms. The van der Waals surface area contributed by atoms with Gasteiger partial charge in [0.05, 0.1) is 18.0 Å².